The van der Waals surface area contributed by atoms with Gasteiger partial charge in [0, 0.05) is 31.1 Å². The molecule has 0 aliphatic carbocycles. The summed E-state index contributed by atoms with van der Waals surface area (Å²) >= 11 is 0. The number of aliphatic imine (C=N–C) groups is 2. The fraction of sp³-hybridized carbons (Fsp3) is 0.867. The molecule has 4 nitrogen and oxygen atoms in total. The first kappa shape index (κ1) is 14.7. The van der Waals surface area contributed by atoms with Gasteiger partial charge >= 0.3 is 0 Å². The average molecular weight is 266 g/mol. The summed E-state index contributed by atoms with van der Waals surface area (Å²) < 4.78 is 11.6. The zero-order chi connectivity index (χ0) is 13.5. The van der Waals surface area contributed by atoms with Crippen LogP contribution in [-0.4, -0.2) is 51.4 Å². The molecular weight excluding hydrogens is 240 g/mol. The smallest absolute Gasteiger partial charge is 0.0939 e. The van der Waals surface area contributed by atoms with Gasteiger partial charge in [-0.1, -0.05) is 19.8 Å². The lowest BCUT2D eigenvalue weighted by molar-refractivity contribution is 0.0646. The van der Waals surface area contributed by atoms with Crippen molar-refractivity contribution in [3.05, 3.63) is 0 Å². The van der Waals surface area contributed by atoms with Crippen molar-refractivity contribution in [2.75, 3.05) is 26.3 Å². The summed E-state index contributed by atoms with van der Waals surface area (Å²) in [6.07, 6.45) is 7.38. The fourth-order valence-electron chi connectivity index (χ4n) is 2.84. The molecule has 0 aromatic carbocycles. The van der Waals surface area contributed by atoms with E-state index in [0.29, 0.717) is 17.9 Å². The van der Waals surface area contributed by atoms with Gasteiger partial charge in [-0.25, -0.2) is 0 Å². The summed E-state index contributed by atoms with van der Waals surface area (Å²) in [6, 6.07) is 0. The second-order valence-electron chi connectivity index (χ2n) is 5.65. The highest BCUT2D eigenvalue weighted by Gasteiger charge is 2.44. The molecule has 0 amide bonds. The third-order valence-corrected chi connectivity index (χ3v) is 3.99. The van der Waals surface area contributed by atoms with E-state index in [9.17, 15) is 0 Å². The number of unbranched alkanes of at least 4 members (excludes halogenated alkanes) is 3. The number of rotatable bonds is 8. The van der Waals surface area contributed by atoms with E-state index in [1.807, 2.05) is 0 Å². The van der Waals surface area contributed by atoms with Crippen molar-refractivity contribution in [2.24, 2.45) is 21.8 Å². The number of ether oxygens (including phenoxy) is 2. The van der Waals surface area contributed by atoms with Gasteiger partial charge in [0.05, 0.1) is 25.4 Å². The molecule has 0 aromatic heterocycles. The van der Waals surface area contributed by atoms with E-state index < -0.39 is 0 Å². The van der Waals surface area contributed by atoms with Gasteiger partial charge in [0.25, 0.3) is 0 Å². The van der Waals surface area contributed by atoms with Crippen LogP contribution < -0.4 is 0 Å². The Morgan fingerprint density at radius 3 is 2.58 bits per heavy atom. The molecule has 108 valence electrons. The highest BCUT2D eigenvalue weighted by molar-refractivity contribution is 5.62. The second kappa shape index (κ2) is 7.75. The van der Waals surface area contributed by atoms with E-state index in [1.165, 1.54) is 12.8 Å². The molecule has 0 saturated carbocycles. The largest absolute Gasteiger partial charge is 0.374 e. The Bertz CT molecular complexity index is 307. The maximum absolute atomic E-state index is 5.79. The SMILES string of the molecule is C=NCCCCCCN=C[C@H]1COC2C1OC[C@H]2C. The molecule has 0 bridgehead atoms. The second-order valence-corrected chi connectivity index (χ2v) is 5.65. The van der Waals surface area contributed by atoms with Crippen molar-refractivity contribution < 1.29 is 9.47 Å². The molecule has 2 saturated heterocycles. The number of hydrogen-bond donors (Lipinski definition) is 0. The molecule has 0 aromatic rings. The van der Waals surface area contributed by atoms with Crippen molar-refractivity contribution in [1.82, 2.24) is 0 Å². The van der Waals surface area contributed by atoms with Crippen LogP contribution in [0.2, 0.25) is 0 Å². The summed E-state index contributed by atoms with van der Waals surface area (Å²) in [4.78, 5) is 8.39. The summed E-state index contributed by atoms with van der Waals surface area (Å²) in [5.74, 6) is 0.891. The van der Waals surface area contributed by atoms with Crippen LogP contribution in [0.4, 0.5) is 0 Å². The Labute approximate surface area is 116 Å². The molecule has 0 N–H and O–H groups in total. The molecule has 2 fully saturated rings. The molecule has 2 rings (SSSR count). The van der Waals surface area contributed by atoms with E-state index in [4.69, 9.17) is 9.47 Å². The van der Waals surface area contributed by atoms with Crippen molar-refractivity contribution in [3.63, 3.8) is 0 Å². The molecule has 19 heavy (non-hydrogen) atoms. The molecule has 2 aliphatic rings. The Balaban J connectivity index is 1.57. The molecule has 0 radical (unpaired) electrons. The van der Waals surface area contributed by atoms with Crippen molar-refractivity contribution in [1.29, 1.82) is 0 Å². The van der Waals surface area contributed by atoms with Crippen LogP contribution in [0.3, 0.4) is 0 Å². The highest BCUT2D eigenvalue weighted by atomic mass is 16.6. The van der Waals surface area contributed by atoms with Crippen LogP contribution in [0.1, 0.15) is 32.6 Å². The lowest BCUT2D eigenvalue weighted by atomic mass is 9.98. The maximum Gasteiger partial charge on any atom is 0.0939 e. The first-order valence-electron chi connectivity index (χ1n) is 7.48. The van der Waals surface area contributed by atoms with Gasteiger partial charge in [0.15, 0.2) is 0 Å². The minimum absolute atomic E-state index is 0.248. The molecule has 0 spiro atoms. The fourth-order valence-corrected chi connectivity index (χ4v) is 2.84. The highest BCUT2D eigenvalue weighted by Crippen LogP contribution is 2.33. The third kappa shape index (κ3) is 4.11. The minimum atomic E-state index is 0.248. The zero-order valence-corrected chi connectivity index (χ0v) is 12.0. The normalized spacial score (nSPS) is 33.9. The van der Waals surface area contributed by atoms with Gasteiger partial charge in [-0.3, -0.25) is 4.99 Å². The Morgan fingerprint density at radius 2 is 1.79 bits per heavy atom. The average Bonchev–Trinajstić information content (AvgIpc) is 2.97. The van der Waals surface area contributed by atoms with Gasteiger partial charge in [-0.2, -0.15) is 0 Å². The quantitative estimate of drug-likeness (QED) is 0.500. The van der Waals surface area contributed by atoms with Gasteiger partial charge in [-0.05, 0) is 19.6 Å². The molecule has 2 heterocycles. The van der Waals surface area contributed by atoms with Crippen LogP contribution in [0, 0.1) is 11.8 Å². The standard InChI is InChI=1S/C15H26N2O2/c1-12-10-18-15-13(11-19-14(12)15)9-17-8-6-4-3-5-7-16-2/h9,12-15H,2-8,10-11H2,1H3/t12-,13+,14?,15?/m1/s1. The van der Waals surface area contributed by atoms with Gasteiger partial charge in [-0.15, -0.1) is 0 Å². The predicted octanol–water partition coefficient (Wildman–Crippen LogP) is 2.37. The van der Waals surface area contributed by atoms with Crippen LogP contribution in [0.5, 0.6) is 0 Å². The van der Waals surface area contributed by atoms with Crippen LogP contribution in [0.25, 0.3) is 0 Å². The molecule has 4 heteroatoms. The minimum Gasteiger partial charge on any atom is -0.374 e. The van der Waals surface area contributed by atoms with Crippen LogP contribution >= 0.6 is 0 Å². The van der Waals surface area contributed by atoms with E-state index in [0.717, 1.165) is 39.1 Å². The molecular formula is C15H26N2O2. The van der Waals surface area contributed by atoms with E-state index in [1.54, 1.807) is 0 Å². The Kier molecular flexibility index (Phi) is 5.98. The summed E-state index contributed by atoms with van der Waals surface area (Å²) in [5, 5.41) is 0. The van der Waals surface area contributed by atoms with Crippen LogP contribution in [0.15, 0.2) is 9.98 Å². The van der Waals surface area contributed by atoms with E-state index in [-0.39, 0.29) is 6.10 Å². The molecule has 2 aliphatic heterocycles. The topological polar surface area (TPSA) is 43.2 Å². The molecule has 4 atom stereocenters. The van der Waals surface area contributed by atoms with Gasteiger partial charge in [0.1, 0.15) is 0 Å². The number of nitrogens with zero attached hydrogens (tertiary/aromatic N) is 2. The van der Waals surface area contributed by atoms with Crippen LogP contribution in [-0.2, 0) is 9.47 Å². The first-order chi connectivity index (χ1) is 9.33. The summed E-state index contributed by atoms with van der Waals surface area (Å²) in [6.45, 7) is 9.10. The number of fused-ring (bicyclic) bond motifs is 1. The van der Waals surface area contributed by atoms with Crippen molar-refractivity contribution >= 4 is 12.9 Å². The summed E-state index contributed by atoms with van der Waals surface area (Å²) in [5.41, 5.74) is 0. The number of hydrogen-bond acceptors (Lipinski definition) is 4. The zero-order valence-electron chi connectivity index (χ0n) is 12.0. The monoisotopic (exact) mass is 266 g/mol. The molecule has 2 unspecified atom stereocenters. The first-order valence-corrected chi connectivity index (χ1v) is 7.48. The van der Waals surface area contributed by atoms with Crippen molar-refractivity contribution in [3.8, 4) is 0 Å². The Morgan fingerprint density at radius 1 is 1.05 bits per heavy atom. The third-order valence-electron chi connectivity index (χ3n) is 3.99. The Hall–Kier alpha value is -0.740. The van der Waals surface area contributed by atoms with Gasteiger partial charge in [0.2, 0.25) is 0 Å². The van der Waals surface area contributed by atoms with E-state index in [2.05, 4.69) is 29.8 Å². The van der Waals surface area contributed by atoms with Crippen molar-refractivity contribution in [2.45, 2.75) is 44.8 Å². The van der Waals surface area contributed by atoms with Gasteiger partial charge < -0.3 is 14.5 Å². The van der Waals surface area contributed by atoms with E-state index >= 15 is 0 Å². The lowest BCUT2D eigenvalue weighted by Crippen LogP contribution is -2.25. The lowest BCUT2D eigenvalue weighted by Gasteiger charge is -2.11. The summed E-state index contributed by atoms with van der Waals surface area (Å²) in [7, 11) is 0. The maximum atomic E-state index is 5.79. The predicted molar refractivity (Wildman–Crippen MR) is 78.4 cm³/mol.